The summed E-state index contributed by atoms with van der Waals surface area (Å²) in [6.07, 6.45) is 11.3. The summed E-state index contributed by atoms with van der Waals surface area (Å²) in [7, 11) is 1.37. The number of ether oxygens (including phenoxy) is 1. The summed E-state index contributed by atoms with van der Waals surface area (Å²) in [4.78, 5) is 15.9. The Morgan fingerprint density at radius 3 is 2.68 bits per heavy atom. The Balaban J connectivity index is 2.12. The van der Waals surface area contributed by atoms with Crippen LogP contribution in [0.2, 0.25) is 0 Å². The van der Waals surface area contributed by atoms with Gasteiger partial charge in [-0.05, 0) is 30.4 Å². The highest BCUT2D eigenvalue weighted by atomic mass is 16.5. The van der Waals surface area contributed by atoms with Gasteiger partial charge in [-0.2, -0.15) is 0 Å². The number of esters is 1. The van der Waals surface area contributed by atoms with Crippen LogP contribution in [0.5, 0.6) is 0 Å². The van der Waals surface area contributed by atoms with Crippen LogP contribution in [0.25, 0.3) is 0 Å². The topological polar surface area (TPSA) is 38.7 Å². The van der Waals surface area contributed by atoms with Gasteiger partial charge in [0, 0.05) is 6.21 Å². The number of carbonyl (C=O) groups is 1. The van der Waals surface area contributed by atoms with Crippen molar-refractivity contribution in [1.29, 1.82) is 0 Å². The minimum Gasteiger partial charge on any atom is -0.465 e. The molecule has 0 amide bonds. The zero-order valence-corrected chi connectivity index (χ0v) is 13.1. The van der Waals surface area contributed by atoms with E-state index in [2.05, 4.69) is 10.5 Å². The van der Waals surface area contributed by atoms with Gasteiger partial charge in [0.05, 0.1) is 19.2 Å². The lowest BCUT2D eigenvalue weighted by atomic mass is 9.84. The third-order valence-corrected chi connectivity index (χ3v) is 4.00. The first kappa shape index (κ1) is 16.3. The van der Waals surface area contributed by atoms with Crippen LogP contribution in [-0.2, 0) is 9.53 Å². The minimum absolute atomic E-state index is 0.0708. The van der Waals surface area contributed by atoms with Gasteiger partial charge < -0.3 is 4.74 Å². The summed E-state index contributed by atoms with van der Waals surface area (Å²) in [5, 5.41) is 0. The van der Waals surface area contributed by atoms with Crippen molar-refractivity contribution < 1.29 is 9.53 Å². The molecule has 3 heteroatoms. The molecule has 116 valence electrons. The monoisotopic (exact) mass is 297 g/mol. The molecule has 1 atom stereocenters. The van der Waals surface area contributed by atoms with Crippen molar-refractivity contribution >= 4 is 12.2 Å². The Labute approximate surface area is 132 Å². The Bertz CT molecular complexity index is 550. The molecule has 0 bridgehead atoms. The van der Waals surface area contributed by atoms with E-state index in [0.717, 1.165) is 5.56 Å². The molecule has 0 saturated heterocycles. The average molecular weight is 297 g/mol. The molecule has 0 radical (unpaired) electrons. The molecule has 0 heterocycles. The van der Waals surface area contributed by atoms with E-state index in [0.29, 0.717) is 5.92 Å². The fourth-order valence-corrected chi connectivity index (χ4v) is 2.76. The number of nitrogens with zero attached hydrogens (tertiary/aromatic N) is 1. The molecule has 1 aromatic carbocycles. The van der Waals surface area contributed by atoms with E-state index in [9.17, 15) is 4.79 Å². The highest BCUT2D eigenvalue weighted by Crippen LogP contribution is 2.28. The summed E-state index contributed by atoms with van der Waals surface area (Å²) in [5.74, 6) is 0.151. The van der Waals surface area contributed by atoms with Crippen molar-refractivity contribution in [3.8, 4) is 0 Å². The zero-order chi connectivity index (χ0) is 15.6. The van der Waals surface area contributed by atoms with Crippen LogP contribution in [0.3, 0.4) is 0 Å². The lowest BCUT2D eigenvalue weighted by Crippen LogP contribution is -2.19. The fraction of sp³-hybridized carbons (Fsp3) is 0.421. The number of hydrogen-bond donors (Lipinski definition) is 0. The first-order chi connectivity index (χ1) is 10.8. The maximum absolute atomic E-state index is 11.2. The van der Waals surface area contributed by atoms with Gasteiger partial charge in [-0.1, -0.05) is 49.6 Å². The Morgan fingerprint density at radius 2 is 2.00 bits per heavy atom. The Kier molecular flexibility index (Phi) is 6.66. The lowest BCUT2D eigenvalue weighted by molar-refractivity contribution is -0.134. The summed E-state index contributed by atoms with van der Waals surface area (Å²) < 4.78 is 4.59. The third kappa shape index (κ3) is 5.34. The minimum atomic E-state index is -0.384. The SMILES string of the molecule is COC(=O)C=C=C[C@H](N=Cc1ccccc1)C1CCCCC1. The smallest absolute Gasteiger partial charge is 0.338 e. The number of aliphatic imine (C=N–C) groups is 1. The number of hydrogen-bond acceptors (Lipinski definition) is 3. The molecule has 1 aliphatic rings. The Hall–Kier alpha value is -2.12. The second kappa shape index (κ2) is 9.01. The molecule has 3 nitrogen and oxygen atoms in total. The Morgan fingerprint density at radius 1 is 1.27 bits per heavy atom. The largest absolute Gasteiger partial charge is 0.465 e. The number of rotatable bonds is 5. The predicted octanol–water partition coefficient (Wildman–Crippen LogP) is 3.94. The maximum Gasteiger partial charge on any atom is 0.338 e. The molecule has 1 fully saturated rings. The molecule has 1 aliphatic carbocycles. The van der Waals surface area contributed by atoms with Gasteiger partial charge in [0.1, 0.15) is 0 Å². The van der Waals surface area contributed by atoms with E-state index in [1.54, 1.807) is 0 Å². The van der Waals surface area contributed by atoms with Gasteiger partial charge in [0.15, 0.2) is 0 Å². The van der Waals surface area contributed by atoms with Gasteiger partial charge in [-0.15, -0.1) is 5.73 Å². The summed E-state index contributed by atoms with van der Waals surface area (Å²) in [5.41, 5.74) is 4.02. The summed E-state index contributed by atoms with van der Waals surface area (Å²) >= 11 is 0. The normalized spacial score (nSPS) is 16.8. The second-order valence-corrected chi connectivity index (χ2v) is 5.58. The summed E-state index contributed by atoms with van der Waals surface area (Å²) in [6.45, 7) is 0. The standard InChI is InChI=1S/C19H23NO2/c1-22-19(21)14-8-13-18(17-11-6-3-7-12-17)20-15-16-9-4-2-5-10-16/h2,4-5,9-10,13-15,17-18H,3,6-7,11-12H2,1H3/t8?,18-/m0/s1. The number of methoxy groups -OCH3 is 1. The van der Waals surface area contributed by atoms with E-state index in [4.69, 9.17) is 4.99 Å². The predicted molar refractivity (Wildman–Crippen MR) is 89.1 cm³/mol. The van der Waals surface area contributed by atoms with Crippen molar-refractivity contribution in [3.05, 3.63) is 53.8 Å². The van der Waals surface area contributed by atoms with Crippen molar-refractivity contribution in [2.24, 2.45) is 10.9 Å². The van der Waals surface area contributed by atoms with Gasteiger partial charge >= 0.3 is 5.97 Å². The molecule has 0 aliphatic heterocycles. The van der Waals surface area contributed by atoms with E-state index < -0.39 is 0 Å². The van der Waals surface area contributed by atoms with Gasteiger partial charge in [0.2, 0.25) is 0 Å². The van der Waals surface area contributed by atoms with Crippen LogP contribution in [-0.4, -0.2) is 25.3 Å². The van der Waals surface area contributed by atoms with Crippen LogP contribution in [0.1, 0.15) is 37.7 Å². The molecule has 1 aromatic rings. The molecule has 1 saturated carbocycles. The van der Waals surface area contributed by atoms with E-state index in [1.807, 2.05) is 42.6 Å². The van der Waals surface area contributed by atoms with Crippen LogP contribution >= 0.6 is 0 Å². The van der Waals surface area contributed by atoms with Crippen molar-refractivity contribution in [2.45, 2.75) is 38.1 Å². The first-order valence-electron chi connectivity index (χ1n) is 7.88. The van der Waals surface area contributed by atoms with Crippen LogP contribution in [0.15, 0.2) is 53.2 Å². The molecule has 0 unspecified atom stereocenters. The molecule has 0 aromatic heterocycles. The number of benzene rings is 1. The second-order valence-electron chi connectivity index (χ2n) is 5.58. The van der Waals surface area contributed by atoms with Crippen molar-refractivity contribution in [1.82, 2.24) is 0 Å². The molecule has 0 spiro atoms. The third-order valence-electron chi connectivity index (χ3n) is 4.00. The summed E-state index contributed by atoms with van der Waals surface area (Å²) in [6, 6.07) is 10.1. The maximum atomic E-state index is 11.2. The highest BCUT2D eigenvalue weighted by Gasteiger charge is 2.20. The van der Waals surface area contributed by atoms with Crippen LogP contribution in [0.4, 0.5) is 0 Å². The van der Waals surface area contributed by atoms with E-state index in [-0.39, 0.29) is 12.0 Å². The zero-order valence-electron chi connectivity index (χ0n) is 13.1. The van der Waals surface area contributed by atoms with Gasteiger partial charge in [-0.25, -0.2) is 4.79 Å². The van der Waals surface area contributed by atoms with E-state index >= 15 is 0 Å². The quantitative estimate of drug-likeness (QED) is 0.357. The lowest BCUT2D eigenvalue weighted by Gasteiger charge is -2.25. The van der Waals surface area contributed by atoms with Crippen LogP contribution in [0, 0.1) is 5.92 Å². The van der Waals surface area contributed by atoms with Crippen molar-refractivity contribution in [2.75, 3.05) is 7.11 Å². The fourth-order valence-electron chi connectivity index (χ4n) is 2.76. The van der Waals surface area contributed by atoms with Gasteiger partial charge in [0.25, 0.3) is 0 Å². The van der Waals surface area contributed by atoms with Crippen LogP contribution < -0.4 is 0 Å². The number of carbonyl (C=O) groups excluding carboxylic acids is 1. The molecular formula is C19H23NO2. The van der Waals surface area contributed by atoms with Crippen molar-refractivity contribution in [3.63, 3.8) is 0 Å². The molecule has 22 heavy (non-hydrogen) atoms. The molecule has 0 N–H and O–H groups in total. The molecular weight excluding hydrogens is 274 g/mol. The highest BCUT2D eigenvalue weighted by molar-refractivity contribution is 5.81. The molecule has 2 rings (SSSR count). The van der Waals surface area contributed by atoms with E-state index in [1.165, 1.54) is 45.3 Å². The van der Waals surface area contributed by atoms with Gasteiger partial charge in [-0.3, -0.25) is 4.99 Å². The average Bonchev–Trinajstić information content (AvgIpc) is 2.59. The first-order valence-corrected chi connectivity index (χ1v) is 7.88.